The largest absolute Gasteiger partial charge is 0.459 e. The number of benzene rings is 1. The van der Waals surface area contributed by atoms with E-state index in [1.54, 1.807) is 6.07 Å². The van der Waals surface area contributed by atoms with Crippen LogP contribution in [0.15, 0.2) is 47.1 Å². The monoisotopic (exact) mass is 372 g/mol. The molecule has 7 nitrogen and oxygen atoms in total. The summed E-state index contributed by atoms with van der Waals surface area (Å²) in [5.74, 6) is -1.15. The average Bonchev–Trinajstić information content (AvgIpc) is 3.21. The van der Waals surface area contributed by atoms with Gasteiger partial charge in [0.25, 0.3) is 11.8 Å². The number of nitrogens with one attached hydrogen (secondary N) is 2. The molecule has 0 radical (unpaired) electrons. The van der Waals surface area contributed by atoms with Gasteiger partial charge in [-0.1, -0.05) is 26.0 Å². The van der Waals surface area contributed by atoms with Gasteiger partial charge in [-0.2, -0.15) is 0 Å². The van der Waals surface area contributed by atoms with Gasteiger partial charge in [-0.25, -0.2) is 4.79 Å². The van der Waals surface area contributed by atoms with Crippen molar-refractivity contribution in [2.45, 2.75) is 39.2 Å². The molecule has 0 saturated heterocycles. The molecule has 0 aliphatic heterocycles. The van der Waals surface area contributed by atoms with E-state index < -0.39 is 30.4 Å². The molecule has 0 unspecified atom stereocenters. The number of anilines is 1. The lowest BCUT2D eigenvalue weighted by Gasteiger charge is -2.13. The van der Waals surface area contributed by atoms with Crippen LogP contribution in [0.5, 0.6) is 0 Å². The number of hydrogen-bond donors (Lipinski definition) is 2. The van der Waals surface area contributed by atoms with Gasteiger partial charge >= 0.3 is 5.97 Å². The Hall–Kier alpha value is -3.09. The maximum absolute atomic E-state index is 11.9. The van der Waals surface area contributed by atoms with Gasteiger partial charge in [-0.05, 0) is 49.1 Å². The molecule has 2 atom stereocenters. The van der Waals surface area contributed by atoms with Crippen LogP contribution in [0.2, 0.25) is 0 Å². The third-order valence-electron chi connectivity index (χ3n) is 4.17. The van der Waals surface area contributed by atoms with E-state index in [1.807, 2.05) is 24.3 Å². The van der Waals surface area contributed by atoms with Crippen molar-refractivity contribution < 1.29 is 23.5 Å². The van der Waals surface area contributed by atoms with Gasteiger partial charge in [0.05, 0.1) is 6.26 Å². The van der Waals surface area contributed by atoms with Crippen molar-refractivity contribution >= 4 is 23.5 Å². The number of amides is 2. The predicted molar refractivity (Wildman–Crippen MR) is 100 cm³/mol. The lowest BCUT2D eigenvalue weighted by Crippen LogP contribution is -2.40. The second kappa shape index (κ2) is 9.56. The zero-order valence-electron chi connectivity index (χ0n) is 15.7. The summed E-state index contributed by atoms with van der Waals surface area (Å²) in [5.41, 5.74) is 1.82. The molecule has 0 spiro atoms. The van der Waals surface area contributed by atoms with Crippen molar-refractivity contribution in [3.63, 3.8) is 0 Å². The van der Waals surface area contributed by atoms with E-state index in [0.717, 1.165) is 6.42 Å². The highest BCUT2D eigenvalue weighted by Crippen LogP contribution is 2.20. The van der Waals surface area contributed by atoms with Crippen LogP contribution in [-0.4, -0.2) is 30.4 Å². The normalized spacial score (nSPS) is 12.7. The molecule has 2 rings (SSSR count). The molecule has 0 bridgehead atoms. The first kappa shape index (κ1) is 20.2. The Kier molecular flexibility index (Phi) is 7.16. The first-order chi connectivity index (χ1) is 12.9. The molecular formula is C20H24N2O5. The minimum absolute atomic E-state index is 0.0910. The van der Waals surface area contributed by atoms with Crippen molar-refractivity contribution in [3.8, 4) is 0 Å². The molecular weight excluding hydrogens is 348 g/mol. The van der Waals surface area contributed by atoms with Crippen molar-refractivity contribution in [1.29, 1.82) is 0 Å². The fraction of sp³-hybridized carbons (Fsp3) is 0.350. The SMILES string of the molecule is CC[C@@H](C)c1ccc(NC(=O)COC(=O)[C@H](C)NC(=O)c2ccco2)cc1. The molecule has 1 aromatic carbocycles. The molecule has 2 aromatic rings. The molecule has 0 fully saturated rings. The Labute approximate surface area is 158 Å². The smallest absolute Gasteiger partial charge is 0.328 e. The summed E-state index contributed by atoms with van der Waals surface area (Å²) >= 11 is 0. The van der Waals surface area contributed by atoms with Gasteiger partial charge < -0.3 is 19.8 Å². The zero-order valence-corrected chi connectivity index (χ0v) is 15.7. The molecule has 0 aliphatic carbocycles. The van der Waals surface area contributed by atoms with Gasteiger partial charge in [-0.15, -0.1) is 0 Å². The van der Waals surface area contributed by atoms with E-state index in [0.29, 0.717) is 11.6 Å². The summed E-state index contributed by atoms with van der Waals surface area (Å²) in [6, 6.07) is 9.68. The molecule has 2 N–H and O–H groups in total. The Morgan fingerprint density at radius 2 is 1.81 bits per heavy atom. The highest BCUT2D eigenvalue weighted by Gasteiger charge is 2.20. The molecule has 7 heteroatoms. The van der Waals surface area contributed by atoms with Gasteiger partial charge in [0.1, 0.15) is 6.04 Å². The Morgan fingerprint density at radius 3 is 2.41 bits per heavy atom. The summed E-state index contributed by atoms with van der Waals surface area (Å²) in [7, 11) is 0. The van der Waals surface area contributed by atoms with Crippen LogP contribution >= 0.6 is 0 Å². The van der Waals surface area contributed by atoms with Gasteiger partial charge in [-0.3, -0.25) is 9.59 Å². The van der Waals surface area contributed by atoms with E-state index >= 15 is 0 Å². The van der Waals surface area contributed by atoms with Crippen LogP contribution in [0.4, 0.5) is 5.69 Å². The number of carbonyl (C=O) groups excluding carboxylic acids is 3. The first-order valence-corrected chi connectivity index (χ1v) is 8.81. The van der Waals surface area contributed by atoms with E-state index in [1.165, 1.54) is 24.8 Å². The Balaban J connectivity index is 1.77. The number of ether oxygens (including phenoxy) is 1. The summed E-state index contributed by atoms with van der Waals surface area (Å²) in [6.45, 7) is 5.28. The van der Waals surface area contributed by atoms with Gasteiger partial charge in [0, 0.05) is 5.69 Å². The Bertz CT molecular complexity index is 768. The van der Waals surface area contributed by atoms with Crippen LogP contribution in [-0.2, 0) is 14.3 Å². The molecule has 27 heavy (non-hydrogen) atoms. The third kappa shape index (κ3) is 5.99. The summed E-state index contributed by atoms with van der Waals surface area (Å²) in [6.07, 6.45) is 2.40. The van der Waals surface area contributed by atoms with Crippen LogP contribution in [0.1, 0.15) is 49.2 Å². The molecule has 2 amide bonds. The number of esters is 1. The fourth-order valence-corrected chi connectivity index (χ4v) is 2.32. The van der Waals surface area contributed by atoms with Crippen LogP contribution in [0.25, 0.3) is 0 Å². The van der Waals surface area contributed by atoms with Gasteiger partial charge in [0.2, 0.25) is 0 Å². The molecule has 0 saturated carbocycles. The fourth-order valence-electron chi connectivity index (χ4n) is 2.32. The van der Waals surface area contributed by atoms with Crippen LogP contribution in [0.3, 0.4) is 0 Å². The summed E-state index contributed by atoms with van der Waals surface area (Å²) in [4.78, 5) is 35.6. The predicted octanol–water partition coefficient (Wildman–Crippen LogP) is 3.09. The summed E-state index contributed by atoms with van der Waals surface area (Å²) in [5, 5.41) is 5.10. The molecule has 1 aromatic heterocycles. The minimum Gasteiger partial charge on any atom is -0.459 e. The number of furan rings is 1. The molecule has 0 aliphatic rings. The molecule has 1 heterocycles. The van der Waals surface area contributed by atoms with Crippen LogP contribution < -0.4 is 10.6 Å². The lowest BCUT2D eigenvalue weighted by molar-refractivity contribution is -0.148. The maximum atomic E-state index is 11.9. The second-order valence-electron chi connectivity index (χ2n) is 6.26. The lowest BCUT2D eigenvalue weighted by atomic mass is 9.99. The maximum Gasteiger partial charge on any atom is 0.328 e. The van der Waals surface area contributed by atoms with Crippen molar-refractivity contribution in [3.05, 3.63) is 54.0 Å². The second-order valence-corrected chi connectivity index (χ2v) is 6.26. The van der Waals surface area contributed by atoms with Crippen molar-refractivity contribution in [2.75, 3.05) is 11.9 Å². The highest BCUT2D eigenvalue weighted by atomic mass is 16.5. The highest BCUT2D eigenvalue weighted by molar-refractivity contribution is 5.95. The third-order valence-corrected chi connectivity index (χ3v) is 4.17. The topological polar surface area (TPSA) is 97.6 Å². The average molecular weight is 372 g/mol. The quantitative estimate of drug-likeness (QED) is 0.694. The van der Waals surface area contributed by atoms with E-state index in [2.05, 4.69) is 24.5 Å². The number of rotatable bonds is 8. The van der Waals surface area contributed by atoms with Crippen molar-refractivity contribution in [2.24, 2.45) is 0 Å². The van der Waals surface area contributed by atoms with E-state index in [-0.39, 0.29) is 5.76 Å². The molecule has 144 valence electrons. The standard InChI is InChI=1S/C20H24N2O5/c1-4-13(2)15-7-9-16(10-8-15)22-18(23)12-27-20(25)14(3)21-19(24)17-6-5-11-26-17/h5-11,13-14H,4,12H2,1-3H3,(H,21,24)(H,22,23)/t13-,14+/m1/s1. The van der Waals surface area contributed by atoms with Gasteiger partial charge in [0.15, 0.2) is 12.4 Å². The van der Waals surface area contributed by atoms with E-state index in [9.17, 15) is 14.4 Å². The first-order valence-electron chi connectivity index (χ1n) is 8.81. The number of hydrogen-bond acceptors (Lipinski definition) is 5. The van der Waals surface area contributed by atoms with E-state index in [4.69, 9.17) is 9.15 Å². The van der Waals surface area contributed by atoms with Crippen LogP contribution in [0, 0.1) is 0 Å². The van der Waals surface area contributed by atoms with Crippen molar-refractivity contribution in [1.82, 2.24) is 5.32 Å². The Morgan fingerprint density at radius 1 is 1.11 bits per heavy atom. The summed E-state index contributed by atoms with van der Waals surface area (Å²) < 4.78 is 9.88. The number of carbonyl (C=O) groups is 3. The minimum atomic E-state index is -0.912. The zero-order chi connectivity index (χ0) is 19.8.